The van der Waals surface area contributed by atoms with Crippen molar-refractivity contribution in [2.75, 3.05) is 13.7 Å². The molecule has 3 nitrogen and oxygen atoms in total. The van der Waals surface area contributed by atoms with Gasteiger partial charge in [0.15, 0.2) is 0 Å². The zero-order chi connectivity index (χ0) is 11.5. The lowest BCUT2D eigenvalue weighted by molar-refractivity contribution is -0.126. The predicted molar refractivity (Wildman–Crippen MR) is 63.0 cm³/mol. The number of carbonyl (C=O) groups excluding carboxylic acids is 1. The second-order valence-corrected chi connectivity index (χ2v) is 5.37. The highest BCUT2D eigenvalue weighted by molar-refractivity contribution is 5.79. The molecule has 1 amide bonds. The SMILES string of the molecule is CCCC(COC)NC(=O)C1CC2CC2C1. The van der Waals surface area contributed by atoms with Gasteiger partial charge in [-0.2, -0.15) is 0 Å². The first kappa shape index (κ1) is 11.9. The van der Waals surface area contributed by atoms with Crippen LogP contribution in [-0.2, 0) is 9.53 Å². The summed E-state index contributed by atoms with van der Waals surface area (Å²) in [6.45, 7) is 2.78. The third-order valence-corrected chi connectivity index (χ3v) is 3.97. The summed E-state index contributed by atoms with van der Waals surface area (Å²) in [6, 6.07) is 0.208. The summed E-state index contributed by atoms with van der Waals surface area (Å²) in [4.78, 5) is 12.0. The molecule has 3 heteroatoms. The average Bonchev–Trinajstić information content (AvgIpc) is 2.86. The Hall–Kier alpha value is -0.570. The first-order chi connectivity index (χ1) is 7.74. The number of methoxy groups -OCH3 is 1. The van der Waals surface area contributed by atoms with E-state index in [9.17, 15) is 4.79 Å². The second-order valence-electron chi connectivity index (χ2n) is 5.37. The summed E-state index contributed by atoms with van der Waals surface area (Å²) >= 11 is 0. The topological polar surface area (TPSA) is 38.3 Å². The van der Waals surface area contributed by atoms with E-state index in [1.807, 2.05) is 0 Å². The van der Waals surface area contributed by atoms with E-state index in [-0.39, 0.29) is 11.9 Å². The van der Waals surface area contributed by atoms with Crippen molar-refractivity contribution in [3.8, 4) is 0 Å². The van der Waals surface area contributed by atoms with Gasteiger partial charge >= 0.3 is 0 Å². The van der Waals surface area contributed by atoms with E-state index in [1.165, 1.54) is 6.42 Å². The Labute approximate surface area is 97.9 Å². The number of amides is 1. The minimum atomic E-state index is 0.208. The number of hydrogen-bond acceptors (Lipinski definition) is 2. The van der Waals surface area contributed by atoms with Crippen LogP contribution in [0.2, 0.25) is 0 Å². The van der Waals surface area contributed by atoms with Gasteiger partial charge in [0.05, 0.1) is 12.6 Å². The van der Waals surface area contributed by atoms with Gasteiger partial charge in [-0.15, -0.1) is 0 Å². The lowest BCUT2D eigenvalue weighted by Crippen LogP contribution is -2.41. The third kappa shape index (κ3) is 2.76. The molecule has 3 atom stereocenters. The van der Waals surface area contributed by atoms with Crippen LogP contribution in [0.3, 0.4) is 0 Å². The van der Waals surface area contributed by atoms with Gasteiger partial charge in [-0.1, -0.05) is 13.3 Å². The number of nitrogens with one attached hydrogen (secondary N) is 1. The first-order valence-electron chi connectivity index (χ1n) is 6.53. The molecule has 0 bridgehead atoms. The molecule has 2 saturated carbocycles. The van der Waals surface area contributed by atoms with Crippen molar-refractivity contribution >= 4 is 5.91 Å². The van der Waals surface area contributed by atoms with Crippen molar-refractivity contribution in [1.29, 1.82) is 0 Å². The Morgan fingerprint density at radius 3 is 2.62 bits per heavy atom. The molecule has 0 spiro atoms. The Balaban J connectivity index is 1.75. The van der Waals surface area contributed by atoms with Crippen LogP contribution >= 0.6 is 0 Å². The highest BCUT2D eigenvalue weighted by Gasteiger charge is 2.48. The molecular weight excluding hydrogens is 202 g/mol. The van der Waals surface area contributed by atoms with Crippen molar-refractivity contribution < 1.29 is 9.53 Å². The molecule has 3 unspecified atom stereocenters. The van der Waals surface area contributed by atoms with Gasteiger partial charge in [-0.3, -0.25) is 4.79 Å². The molecule has 2 aliphatic carbocycles. The second kappa shape index (κ2) is 5.17. The van der Waals surface area contributed by atoms with Crippen molar-refractivity contribution in [2.45, 2.75) is 45.1 Å². The summed E-state index contributed by atoms with van der Waals surface area (Å²) < 4.78 is 5.14. The molecule has 16 heavy (non-hydrogen) atoms. The Kier molecular flexibility index (Phi) is 3.85. The van der Waals surface area contributed by atoms with Gasteiger partial charge in [0.25, 0.3) is 0 Å². The monoisotopic (exact) mass is 225 g/mol. The van der Waals surface area contributed by atoms with Crippen LogP contribution in [0.25, 0.3) is 0 Å². The van der Waals surface area contributed by atoms with Crippen molar-refractivity contribution in [1.82, 2.24) is 5.32 Å². The highest BCUT2D eigenvalue weighted by Crippen LogP contribution is 2.54. The fraction of sp³-hybridized carbons (Fsp3) is 0.923. The maximum atomic E-state index is 12.0. The molecule has 0 heterocycles. The number of carbonyl (C=O) groups is 1. The number of rotatable bonds is 6. The highest BCUT2D eigenvalue weighted by atomic mass is 16.5. The maximum absolute atomic E-state index is 12.0. The molecular formula is C13H23NO2. The van der Waals surface area contributed by atoms with E-state index in [0.717, 1.165) is 37.5 Å². The van der Waals surface area contributed by atoms with Crippen LogP contribution in [0.15, 0.2) is 0 Å². The first-order valence-corrected chi connectivity index (χ1v) is 6.53. The molecule has 2 rings (SSSR count). The third-order valence-electron chi connectivity index (χ3n) is 3.97. The predicted octanol–water partition coefficient (Wildman–Crippen LogP) is 1.96. The fourth-order valence-electron chi connectivity index (χ4n) is 2.99. The van der Waals surface area contributed by atoms with Crippen LogP contribution in [0, 0.1) is 17.8 Å². The minimum Gasteiger partial charge on any atom is -0.383 e. The van der Waals surface area contributed by atoms with E-state index in [1.54, 1.807) is 7.11 Å². The van der Waals surface area contributed by atoms with Crippen LogP contribution in [-0.4, -0.2) is 25.7 Å². The van der Waals surface area contributed by atoms with Crippen LogP contribution in [0.5, 0.6) is 0 Å². The molecule has 0 aromatic rings. The van der Waals surface area contributed by atoms with E-state index in [4.69, 9.17) is 4.74 Å². The quantitative estimate of drug-likeness (QED) is 0.750. The summed E-state index contributed by atoms with van der Waals surface area (Å²) in [7, 11) is 1.69. The molecule has 0 aromatic heterocycles. The minimum absolute atomic E-state index is 0.208. The summed E-state index contributed by atoms with van der Waals surface area (Å²) in [6.07, 6.45) is 5.73. The van der Waals surface area contributed by atoms with E-state index >= 15 is 0 Å². The van der Waals surface area contributed by atoms with Gasteiger partial charge < -0.3 is 10.1 Å². The number of fused-ring (bicyclic) bond motifs is 1. The normalized spacial score (nSPS) is 33.2. The number of ether oxygens (including phenoxy) is 1. The van der Waals surface area contributed by atoms with Crippen molar-refractivity contribution in [3.63, 3.8) is 0 Å². The van der Waals surface area contributed by atoms with Crippen molar-refractivity contribution in [3.05, 3.63) is 0 Å². The van der Waals surface area contributed by atoms with E-state index < -0.39 is 0 Å². The van der Waals surface area contributed by atoms with Gasteiger partial charge in [0.2, 0.25) is 5.91 Å². The molecule has 92 valence electrons. The molecule has 2 aliphatic rings. The molecule has 0 aliphatic heterocycles. The smallest absolute Gasteiger partial charge is 0.223 e. The molecule has 0 radical (unpaired) electrons. The maximum Gasteiger partial charge on any atom is 0.223 e. The largest absolute Gasteiger partial charge is 0.383 e. The van der Waals surface area contributed by atoms with Gasteiger partial charge in [0.1, 0.15) is 0 Å². The zero-order valence-corrected chi connectivity index (χ0v) is 10.4. The molecule has 2 fully saturated rings. The van der Waals surface area contributed by atoms with E-state index in [2.05, 4.69) is 12.2 Å². The lowest BCUT2D eigenvalue weighted by Gasteiger charge is -2.20. The van der Waals surface area contributed by atoms with E-state index in [0.29, 0.717) is 12.5 Å². The van der Waals surface area contributed by atoms with Crippen LogP contribution in [0.1, 0.15) is 39.0 Å². The summed E-state index contributed by atoms with van der Waals surface area (Å²) in [5, 5.41) is 3.14. The number of hydrogen-bond donors (Lipinski definition) is 1. The molecule has 0 saturated heterocycles. The molecule has 1 N–H and O–H groups in total. The summed E-state index contributed by atoms with van der Waals surface area (Å²) in [5.41, 5.74) is 0. The lowest BCUT2D eigenvalue weighted by atomic mass is 10.0. The zero-order valence-electron chi connectivity index (χ0n) is 10.4. The van der Waals surface area contributed by atoms with Crippen molar-refractivity contribution in [2.24, 2.45) is 17.8 Å². The Bertz CT molecular complexity index is 238. The van der Waals surface area contributed by atoms with Gasteiger partial charge in [-0.25, -0.2) is 0 Å². The van der Waals surface area contributed by atoms with Gasteiger partial charge in [-0.05, 0) is 37.5 Å². The standard InChI is InChI=1S/C13H23NO2/c1-3-4-12(8-16-2)14-13(15)11-6-9-5-10(9)7-11/h9-12H,3-8H2,1-2H3,(H,14,15). The average molecular weight is 225 g/mol. The Morgan fingerprint density at radius 1 is 1.38 bits per heavy atom. The Morgan fingerprint density at radius 2 is 2.06 bits per heavy atom. The molecule has 0 aromatic carbocycles. The van der Waals surface area contributed by atoms with Gasteiger partial charge in [0, 0.05) is 13.0 Å². The fourth-order valence-corrected chi connectivity index (χ4v) is 2.99. The van der Waals surface area contributed by atoms with Crippen LogP contribution < -0.4 is 5.32 Å². The summed E-state index contributed by atoms with van der Waals surface area (Å²) in [5.74, 6) is 2.31. The van der Waals surface area contributed by atoms with Crippen LogP contribution in [0.4, 0.5) is 0 Å².